The van der Waals surface area contributed by atoms with Gasteiger partial charge >= 0.3 is 0 Å². The second kappa shape index (κ2) is 9.01. The van der Waals surface area contributed by atoms with Gasteiger partial charge in [0.2, 0.25) is 7.59 Å². The van der Waals surface area contributed by atoms with Crippen molar-refractivity contribution < 1.29 is 4.74 Å². The van der Waals surface area contributed by atoms with Crippen molar-refractivity contribution in [3.05, 3.63) is 12.2 Å². The molecule has 0 aromatic carbocycles. The average Bonchev–Trinajstić information content (AvgIpc) is 2.51. The van der Waals surface area contributed by atoms with Crippen molar-refractivity contribution >= 4 is 69.6 Å². The Kier molecular flexibility index (Phi) is 8.11. The first-order chi connectivity index (χ1) is 11.1. The third-order valence-corrected chi connectivity index (χ3v) is 5.62. The van der Waals surface area contributed by atoms with Crippen LogP contribution in [0.5, 0.6) is 0 Å². The number of alkyl halides is 6. The second-order valence-electron chi connectivity index (χ2n) is 6.08. The first-order valence-corrected chi connectivity index (χ1v) is 9.99. The molecule has 3 N–H and O–H groups in total. The molecule has 1 heterocycles. The Balaban J connectivity index is 1.98. The number of halogens is 6. The third-order valence-electron chi connectivity index (χ3n) is 4.31. The highest BCUT2D eigenvalue weighted by molar-refractivity contribution is 6.68. The van der Waals surface area contributed by atoms with Gasteiger partial charge in [0, 0.05) is 7.11 Å². The number of rotatable bonds is 3. The molecule has 1 aliphatic heterocycles. The fourth-order valence-electron chi connectivity index (χ4n) is 2.94. The minimum absolute atomic E-state index is 0.285. The number of methoxy groups -OCH3 is 1. The van der Waals surface area contributed by atoms with E-state index in [1.54, 1.807) is 7.11 Å². The standard InChI is InChI=1S/C14H21Cl6N3O/c1-24-9-5-2-8(3-6-9)4-7-10-21-11(13(15,16)17)23-12(22-10)14(18,19)20/h4,7-12,21-23H,2-3,5-6H2,1H3/b7-4+. The Morgan fingerprint density at radius 1 is 0.792 bits per heavy atom. The van der Waals surface area contributed by atoms with Crippen molar-refractivity contribution in [2.75, 3.05) is 7.11 Å². The molecule has 0 bridgehead atoms. The molecule has 1 aliphatic carbocycles. The van der Waals surface area contributed by atoms with Gasteiger partial charge in [-0.05, 0) is 31.6 Å². The molecule has 0 aromatic heterocycles. The van der Waals surface area contributed by atoms with Gasteiger partial charge in [-0.25, -0.2) is 0 Å². The van der Waals surface area contributed by atoms with E-state index in [1.165, 1.54) is 0 Å². The molecule has 0 aromatic rings. The molecular weight excluding hydrogens is 439 g/mol. The molecule has 4 nitrogen and oxygen atoms in total. The lowest BCUT2D eigenvalue weighted by molar-refractivity contribution is 0.0626. The summed E-state index contributed by atoms with van der Waals surface area (Å²) >= 11 is 35.9. The van der Waals surface area contributed by atoms with E-state index in [1.807, 2.05) is 6.08 Å². The molecule has 2 atom stereocenters. The summed E-state index contributed by atoms with van der Waals surface area (Å²) in [6, 6.07) is 0. The third kappa shape index (κ3) is 6.49. The molecular formula is C14H21Cl6N3O. The highest BCUT2D eigenvalue weighted by Gasteiger charge is 2.44. The monoisotopic (exact) mass is 457 g/mol. The van der Waals surface area contributed by atoms with Crippen LogP contribution in [0.4, 0.5) is 0 Å². The maximum Gasteiger partial charge on any atom is 0.218 e. The van der Waals surface area contributed by atoms with Crippen LogP contribution < -0.4 is 16.0 Å². The second-order valence-corrected chi connectivity index (χ2v) is 10.8. The van der Waals surface area contributed by atoms with Crippen LogP contribution in [-0.4, -0.2) is 39.3 Å². The highest BCUT2D eigenvalue weighted by Crippen LogP contribution is 2.35. The topological polar surface area (TPSA) is 45.3 Å². The Hall–Kier alpha value is 1.32. The molecule has 2 fully saturated rings. The van der Waals surface area contributed by atoms with Crippen molar-refractivity contribution in [3.8, 4) is 0 Å². The van der Waals surface area contributed by atoms with Crippen molar-refractivity contribution in [1.82, 2.24) is 16.0 Å². The van der Waals surface area contributed by atoms with Gasteiger partial charge in [-0.1, -0.05) is 81.8 Å². The van der Waals surface area contributed by atoms with E-state index in [4.69, 9.17) is 74.3 Å². The van der Waals surface area contributed by atoms with Gasteiger partial charge < -0.3 is 4.74 Å². The van der Waals surface area contributed by atoms with Gasteiger partial charge in [0.15, 0.2) is 0 Å². The first kappa shape index (κ1) is 21.6. The van der Waals surface area contributed by atoms with Gasteiger partial charge in [-0.15, -0.1) is 0 Å². The number of ether oxygens (including phenoxy) is 1. The van der Waals surface area contributed by atoms with Gasteiger partial charge in [0.25, 0.3) is 0 Å². The quantitative estimate of drug-likeness (QED) is 0.436. The van der Waals surface area contributed by atoms with Gasteiger partial charge in [-0.3, -0.25) is 16.0 Å². The van der Waals surface area contributed by atoms with E-state index in [9.17, 15) is 0 Å². The minimum Gasteiger partial charge on any atom is -0.381 e. The predicted molar refractivity (Wildman–Crippen MR) is 103 cm³/mol. The first-order valence-electron chi connectivity index (χ1n) is 7.72. The van der Waals surface area contributed by atoms with Gasteiger partial charge in [0.05, 0.1) is 12.3 Å². The average molecular weight is 460 g/mol. The predicted octanol–water partition coefficient (Wildman–Crippen LogP) is 4.25. The molecule has 0 amide bonds. The van der Waals surface area contributed by atoms with Gasteiger partial charge in [-0.2, -0.15) is 0 Å². The molecule has 2 rings (SSSR count). The fourth-order valence-corrected chi connectivity index (χ4v) is 3.70. The molecule has 0 spiro atoms. The maximum absolute atomic E-state index is 5.98. The van der Waals surface area contributed by atoms with Crippen LogP contribution in [0.3, 0.4) is 0 Å². The van der Waals surface area contributed by atoms with Crippen LogP contribution >= 0.6 is 69.6 Å². The van der Waals surface area contributed by atoms with E-state index in [0.29, 0.717) is 12.0 Å². The van der Waals surface area contributed by atoms with Crippen LogP contribution in [0.2, 0.25) is 0 Å². The molecule has 1 saturated heterocycles. The largest absolute Gasteiger partial charge is 0.381 e. The lowest BCUT2D eigenvalue weighted by Gasteiger charge is -2.42. The minimum atomic E-state index is -1.58. The summed E-state index contributed by atoms with van der Waals surface area (Å²) in [5.74, 6) is 0.493. The summed E-state index contributed by atoms with van der Waals surface area (Å²) in [5, 5.41) is 9.25. The van der Waals surface area contributed by atoms with E-state index in [0.717, 1.165) is 25.7 Å². The van der Waals surface area contributed by atoms with Crippen LogP contribution in [0.25, 0.3) is 0 Å². The van der Waals surface area contributed by atoms with Crippen molar-refractivity contribution in [3.63, 3.8) is 0 Å². The normalized spacial score (nSPS) is 36.2. The molecule has 0 radical (unpaired) electrons. The lowest BCUT2D eigenvalue weighted by Crippen LogP contribution is -2.73. The molecule has 24 heavy (non-hydrogen) atoms. The number of allylic oxidation sites excluding steroid dienone is 1. The number of nitrogens with one attached hydrogen (secondary N) is 3. The SMILES string of the molecule is COC1CCC(/C=C/C2NC(C(Cl)(Cl)Cl)NC(C(Cl)(Cl)Cl)N2)CC1. The summed E-state index contributed by atoms with van der Waals surface area (Å²) in [7, 11) is 1.76. The zero-order chi connectivity index (χ0) is 18.0. The molecule has 2 aliphatic rings. The van der Waals surface area contributed by atoms with Crippen LogP contribution in [0, 0.1) is 5.92 Å². The highest BCUT2D eigenvalue weighted by atomic mass is 35.6. The summed E-state index contributed by atoms with van der Waals surface area (Å²) in [5.41, 5.74) is 0. The van der Waals surface area contributed by atoms with Crippen molar-refractivity contribution in [2.45, 2.75) is 57.9 Å². The van der Waals surface area contributed by atoms with E-state index < -0.39 is 19.9 Å². The molecule has 140 valence electrons. The summed E-state index contributed by atoms with van der Waals surface area (Å²) in [4.78, 5) is 0. The smallest absolute Gasteiger partial charge is 0.218 e. The Morgan fingerprint density at radius 2 is 1.29 bits per heavy atom. The molecule has 2 unspecified atom stereocenters. The van der Waals surface area contributed by atoms with E-state index >= 15 is 0 Å². The zero-order valence-corrected chi connectivity index (χ0v) is 17.6. The lowest BCUT2D eigenvalue weighted by atomic mass is 9.87. The maximum atomic E-state index is 5.98. The molecule has 10 heteroatoms. The summed E-state index contributed by atoms with van der Waals surface area (Å²) < 4.78 is 2.22. The van der Waals surface area contributed by atoms with Crippen LogP contribution in [-0.2, 0) is 4.74 Å². The van der Waals surface area contributed by atoms with E-state index in [2.05, 4.69) is 22.0 Å². The van der Waals surface area contributed by atoms with E-state index in [-0.39, 0.29) is 6.17 Å². The Bertz CT molecular complexity index is 409. The van der Waals surface area contributed by atoms with Crippen molar-refractivity contribution in [1.29, 1.82) is 0 Å². The van der Waals surface area contributed by atoms with Crippen LogP contribution in [0.1, 0.15) is 25.7 Å². The van der Waals surface area contributed by atoms with Crippen LogP contribution in [0.15, 0.2) is 12.2 Å². The summed E-state index contributed by atoms with van der Waals surface area (Å²) in [6.45, 7) is 0. The number of hydrogen-bond donors (Lipinski definition) is 3. The zero-order valence-electron chi connectivity index (χ0n) is 13.0. The Morgan fingerprint density at radius 3 is 1.71 bits per heavy atom. The Labute approximate surface area is 172 Å². The molecule has 1 saturated carbocycles. The van der Waals surface area contributed by atoms with Gasteiger partial charge in [0.1, 0.15) is 12.3 Å². The fraction of sp³-hybridized carbons (Fsp3) is 0.857. The number of hydrogen-bond acceptors (Lipinski definition) is 4. The summed E-state index contributed by atoms with van der Waals surface area (Å²) in [6.07, 6.45) is 7.20. The van der Waals surface area contributed by atoms with Crippen molar-refractivity contribution in [2.24, 2.45) is 5.92 Å².